The molecule has 1 heterocycles. The lowest BCUT2D eigenvalue weighted by atomic mass is 10.0. The van der Waals surface area contributed by atoms with Gasteiger partial charge in [-0.25, -0.2) is 0 Å². The second-order valence-corrected chi connectivity index (χ2v) is 5.36. The van der Waals surface area contributed by atoms with Gasteiger partial charge in [-0.2, -0.15) is 0 Å². The average Bonchev–Trinajstić information content (AvgIpc) is 2.48. The molecule has 0 aliphatic carbocycles. The van der Waals surface area contributed by atoms with Crippen LogP contribution < -0.4 is 5.32 Å². The first-order valence-corrected chi connectivity index (χ1v) is 7.30. The Morgan fingerprint density at radius 1 is 1.43 bits per heavy atom. The van der Waals surface area contributed by atoms with Gasteiger partial charge < -0.3 is 10.2 Å². The number of nitro groups is 1. The van der Waals surface area contributed by atoms with Gasteiger partial charge in [0.15, 0.2) is 0 Å². The third-order valence-electron chi connectivity index (χ3n) is 3.92. The van der Waals surface area contributed by atoms with Crippen molar-refractivity contribution in [3.8, 4) is 0 Å². The number of para-hydroxylation sites is 1. The quantitative estimate of drug-likeness (QED) is 0.662. The number of likely N-dealkylation sites (tertiary alicyclic amines) is 1. The highest BCUT2D eigenvalue weighted by Crippen LogP contribution is 2.22. The Kier molecular flexibility index (Phi) is 5.27. The monoisotopic (exact) mass is 291 g/mol. The Balaban J connectivity index is 2.11. The number of hydrogen-bond acceptors (Lipinski definition) is 4. The lowest BCUT2D eigenvalue weighted by molar-refractivity contribution is -0.385. The number of hydrogen-bond donors (Lipinski definition) is 1. The molecule has 1 aromatic rings. The predicted octanol–water partition coefficient (Wildman–Crippen LogP) is 1.74. The minimum Gasteiger partial charge on any atom is -0.338 e. The molecule has 1 aromatic carbocycles. The average molecular weight is 291 g/mol. The van der Waals surface area contributed by atoms with Gasteiger partial charge in [0, 0.05) is 30.8 Å². The lowest BCUT2D eigenvalue weighted by Crippen LogP contribution is -2.48. The third-order valence-corrected chi connectivity index (χ3v) is 3.92. The molecule has 114 valence electrons. The molecule has 6 heteroatoms. The molecular formula is C15H21N3O3. The molecular weight excluding hydrogens is 270 g/mol. The predicted molar refractivity (Wildman–Crippen MR) is 80.1 cm³/mol. The van der Waals surface area contributed by atoms with Gasteiger partial charge in [-0.3, -0.25) is 14.9 Å². The Morgan fingerprint density at radius 2 is 2.19 bits per heavy atom. The third kappa shape index (κ3) is 3.78. The molecule has 1 unspecified atom stereocenters. The number of nitrogens with zero attached hydrogens (tertiary/aromatic N) is 2. The Bertz CT molecular complexity index is 517. The maximum atomic E-state index is 12.5. The van der Waals surface area contributed by atoms with E-state index in [0.717, 1.165) is 32.4 Å². The van der Waals surface area contributed by atoms with Gasteiger partial charge in [-0.05, 0) is 26.3 Å². The molecule has 0 spiro atoms. The summed E-state index contributed by atoms with van der Waals surface area (Å²) in [5.41, 5.74) is 0.509. The summed E-state index contributed by atoms with van der Waals surface area (Å²) < 4.78 is 0. The number of carbonyl (C=O) groups is 1. The smallest absolute Gasteiger partial charge is 0.273 e. The summed E-state index contributed by atoms with van der Waals surface area (Å²) in [4.78, 5) is 25.0. The summed E-state index contributed by atoms with van der Waals surface area (Å²) in [5, 5.41) is 14.1. The number of likely N-dealkylation sites (N-methyl/N-ethyl adjacent to an activating group) is 1. The van der Waals surface area contributed by atoms with Gasteiger partial charge in [0.1, 0.15) is 0 Å². The van der Waals surface area contributed by atoms with Crippen LogP contribution in [0.4, 0.5) is 5.69 Å². The van der Waals surface area contributed by atoms with Crippen LogP contribution in [0, 0.1) is 10.1 Å². The number of piperidine rings is 1. The number of nitrogens with one attached hydrogen (secondary N) is 1. The van der Waals surface area contributed by atoms with Crippen LogP contribution in [0.5, 0.6) is 0 Å². The van der Waals surface area contributed by atoms with Gasteiger partial charge in [-0.15, -0.1) is 0 Å². The molecule has 6 nitrogen and oxygen atoms in total. The van der Waals surface area contributed by atoms with Gasteiger partial charge in [0.25, 0.3) is 5.69 Å². The molecule has 0 radical (unpaired) electrons. The van der Waals surface area contributed by atoms with Crippen molar-refractivity contribution < 1.29 is 9.72 Å². The SMILES string of the molecule is CNCC1CCCCN1C(=O)Cc1ccccc1[N+](=O)[O-]. The number of benzene rings is 1. The molecule has 1 aliphatic heterocycles. The summed E-state index contributed by atoms with van der Waals surface area (Å²) in [6.07, 6.45) is 3.21. The maximum Gasteiger partial charge on any atom is 0.273 e. The number of amides is 1. The van der Waals surface area contributed by atoms with Gasteiger partial charge >= 0.3 is 0 Å². The molecule has 1 aliphatic rings. The topological polar surface area (TPSA) is 75.5 Å². The molecule has 0 bridgehead atoms. The fraction of sp³-hybridized carbons (Fsp3) is 0.533. The fourth-order valence-corrected chi connectivity index (χ4v) is 2.88. The zero-order valence-electron chi connectivity index (χ0n) is 12.2. The normalized spacial score (nSPS) is 18.5. The molecule has 1 saturated heterocycles. The van der Waals surface area contributed by atoms with Crippen LogP contribution in [0.15, 0.2) is 24.3 Å². The van der Waals surface area contributed by atoms with Crippen molar-refractivity contribution in [1.29, 1.82) is 0 Å². The number of rotatable bonds is 5. The van der Waals surface area contributed by atoms with Crippen LogP contribution in [0.1, 0.15) is 24.8 Å². The highest BCUT2D eigenvalue weighted by Gasteiger charge is 2.27. The van der Waals surface area contributed by atoms with Crippen molar-refractivity contribution in [1.82, 2.24) is 10.2 Å². The highest BCUT2D eigenvalue weighted by molar-refractivity contribution is 5.80. The molecule has 1 fully saturated rings. The van der Waals surface area contributed by atoms with E-state index in [1.807, 2.05) is 11.9 Å². The van der Waals surface area contributed by atoms with Crippen LogP contribution in [0.2, 0.25) is 0 Å². The second-order valence-electron chi connectivity index (χ2n) is 5.36. The number of nitro benzene ring substituents is 1. The van der Waals surface area contributed by atoms with E-state index < -0.39 is 4.92 Å². The van der Waals surface area contributed by atoms with Gasteiger partial charge in [-0.1, -0.05) is 18.2 Å². The summed E-state index contributed by atoms with van der Waals surface area (Å²) in [7, 11) is 1.87. The second kappa shape index (κ2) is 7.17. The van der Waals surface area contributed by atoms with Crippen LogP contribution in [0.25, 0.3) is 0 Å². The van der Waals surface area contributed by atoms with E-state index in [1.54, 1.807) is 18.2 Å². The van der Waals surface area contributed by atoms with Gasteiger partial charge in [0.05, 0.1) is 11.3 Å². The number of carbonyl (C=O) groups excluding carboxylic acids is 1. The zero-order chi connectivity index (χ0) is 15.2. The molecule has 2 rings (SSSR count). The van der Waals surface area contributed by atoms with Crippen molar-refractivity contribution >= 4 is 11.6 Å². The molecule has 1 atom stereocenters. The summed E-state index contributed by atoms with van der Waals surface area (Å²) in [6.45, 7) is 1.51. The standard InChI is InChI=1S/C15H21N3O3/c1-16-11-13-7-4-5-9-17(13)15(19)10-12-6-2-3-8-14(12)18(20)21/h2-3,6,8,13,16H,4-5,7,9-11H2,1H3. The van der Waals surface area contributed by atoms with Crippen molar-refractivity contribution in [2.24, 2.45) is 0 Å². The van der Waals surface area contributed by atoms with Crippen molar-refractivity contribution in [2.45, 2.75) is 31.7 Å². The first kappa shape index (κ1) is 15.4. The largest absolute Gasteiger partial charge is 0.338 e. The van der Waals surface area contributed by atoms with E-state index >= 15 is 0 Å². The molecule has 1 amide bonds. The van der Waals surface area contributed by atoms with Crippen molar-refractivity contribution in [3.05, 3.63) is 39.9 Å². The van der Waals surface area contributed by atoms with E-state index in [0.29, 0.717) is 5.56 Å². The molecule has 21 heavy (non-hydrogen) atoms. The summed E-state index contributed by atoms with van der Waals surface area (Å²) in [6, 6.07) is 6.66. The highest BCUT2D eigenvalue weighted by atomic mass is 16.6. The minimum absolute atomic E-state index is 0.0213. The van der Waals surface area contributed by atoms with Crippen LogP contribution in [0.3, 0.4) is 0 Å². The van der Waals surface area contributed by atoms with E-state index in [-0.39, 0.29) is 24.1 Å². The molecule has 0 saturated carbocycles. The van der Waals surface area contributed by atoms with Crippen molar-refractivity contribution in [2.75, 3.05) is 20.1 Å². The lowest BCUT2D eigenvalue weighted by Gasteiger charge is -2.35. The van der Waals surface area contributed by atoms with E-state index in [4.69, 9.17) is 0 Å². The molecule has 1 N–H and O–H groups in total. The van der Waals surface area contributed by atoms with Crippen LogP contribution >= 0.6 is 0 Å². The summed E-state index contributed by atoms with van der Waals surface area (Å²) >= 11 is 0. The first-order chi connectivity index (χ1) is 10.1. The Hall–Kier alpha value is -1.95. The Labute approximate surface area is 124 Å². The maximum absolute atomic E-state index is 12.5. The van der Waals surface area contributed by atoms with E-state index in [2.05, 4.69) is 5.32 Å². The summed E-state index contributed by atoms with van der Waals surface area (Å²) in [5.74, 6) is -0.0238. The van der Waals surface area contributed by atoms with Crippen molar-refractivity contribution in [3.63, 3.8) is 0 Å². The minimum atomic E-state index is -0.427. The zero-order valence-corrected chi connectivity index (χ0v) is 12.2. The fourth-order valence-electron chi connectivity index (χ4n) is 2.88. The van der Waals surface area contributed by atoms with Gasteiger partial charge in [0.2, 0.25) is 5.91 Å². The van der Waals surface area contributed by atoms with Crippen LogP contribution in [-0.4, -0.2) is 41.9 Å². The Morgan fingerprint density at radius 3 is 2.90 bits per heavy atom. The van der Waals surface area contributed by atoms with E-state index in [1.165, 1.54) is 6.07 Å². The first-order valence-electron chi connectivity index (χ1n) is 7.30. The van der Waals surface area contributed by atoms with E-state index in [9.17, 15) is 14.9 Å². The van der Waals surface area contributed by atoms with Crippen LogP contribution in [-0.2, 0) is 11.2 Å². The molecule has 0 aromatic heterocycles.